The van der Waals surface area contributed by atoms with Gasteiger partial charge in [-0.15, -0.1) is 0 Å². The molecule has 9 aromatic carbocycles. The second-order valence-corrected chi connectivity index (χ2v) is 15.5. The van der Waals surface area contributed by atoms with Crippen LogP contribution < -0.4 is 0 Å². The first kappa shape index (κ1) is 36.7. The van der Waals surface area contributed by atoms with Crippen LogP contribution in [0.5, 0.6) is 0 Å². The molecule has 4 heteroatoms. The van der Waals surface area contributed by atoms with Crippen LogP contribution in [0.2, 0.25) is 0 Å². The van der Waals surface area contributed by atoms with E-state index in [0.717, 1.165) is 77.7 Å². The summed E-state index contributed by atoms with van der Waals surface area (Å²) < 4.78 is 0. The van der Waals surface area contributed by atoms with Gasteiger partial charge in [-0.05, 0) is 87.0 Å². The average molecular weight is 791 g/mol. The molecule has 0 aliphatic carbocycles. The lowest BCUT2D eigenvalue weighted by molar-refractivity contribution is 1.21. The van der Waals surface area contributed by atoms with E-state index in [-0.39, 0.29) is 0 Å². The van der Waals surface area contributed by atoms with Crippen molar-refractivity contribution in [3.8, 4) is 89.8 Å². The highest BCUT2D eigenvalue weighted by molar-refractivity contribution is 5.96. The molecule has 2 heterocycles. The Morgan fingerprint density at radius 3 is 0.871 bits per heavy atom. The highest BCUT2D eigenvalue weighted by Gasteiger charge is 2.16. The fourth-order valence-electron chi connectivity index (χ4n) is 8.36. The Morgan fingerprint density at radius 2 is 0.468 bits per heavy atom. The zero-order valence-electron chi connectivity index (χ0n) is 33.7. The molecule has 290 valence electrons. The van der Waals surface area contributed by atoms with Crippen molar-refractivity contribution in [2.45, 2.75) is 0 Å². The molecule has 0 saturated carbocycles. The minimum atomic E-state index is 0.642. The Morgan fingerprint density at radius 1 is 0.194 bits per heavy atom. The molecule has 0 fully saturated rings. The maximum atomic E-state index is 5.30. The van der Waals surface area contributed by atoms with E-state index >= 15 is 0 Å². The van der Waals surface area contributed by atoms with Gasteiger partial charge < -0.3 is 0 Å². The van der Waals surface area contributed by atoms with Crippen molar-refractivity contribution in [1.82, 2.24) is 19.9 Å². The third-order valence-corrected chi connectivity index (χ3v) is 11.5. The third-order valence-electron chi connectivity index (χ3n) is 11.5. The Kier molecular flexibility index (Phi) is 9.49. The van der Waals surface area contributed by atoms with Crippen molar-refractivity contribution >= 4 is 21.8 Å². The molecule has 11 rings (SSSR count). The van der Waals surface area contributed by atoms with Crippen molar-refractivity contribution in [3.05, 3.63) is 231 Å². The van der Waals surface area contributed by atoms with Crippen molar-refractivity contribution in [2.24, 2.45) is 0 Å². The molecule has 0 aliphatic rings. The standard InChI is InChI=1S/C58H38N4/c1-3-16-39(17-4-1)41-20-11-22-43(34-41)45-24-13-26-47(36-45)55-51-30-7-9-32-53(51)59-57(61-55)49-28-15-29-50(38-49)58-60-54-33-10-8-31-52(54)56(62-58)48-27-14-25-46(37-48)44-23-12-21-42(35-44)40-18-5-2-6-19-40/h1-38H. The molecule has 0 unspecified atom stereocenters. The smallest absolute Gasteiger partial charge is 0.160 e. The van der Waals surface area contributed by atoms with Gasteiger partial charge in [0.15, 0.2) is 11.6 Å². The van der Waals surface area contributed by atoms with Crippen molar-refractivity contribution in [3.63, 3.8) is 0 Å². The van der Waals surface area contributed by atoms with E-state index in [1.165, 1.54) is 22.3 Å². The van der Waals surface area contributed by atoms with Crippen molar-refractivity contribution in [1.29, 1.82) is 0 Å². The highest BCUT2D eigenvalue weighted by Crippen LogP contribution is 2.36. The van der Waals surface area contributed by atoms with Gasteiger partial charge in [0, 0.05) is 33.0 Å². The predicted octanol–water partition coefficient (Wildman–Crippen LogP) is 14.9. The number of hydrogen-bond donors (Lipinski definition) is 0. The lowest BCUT2D eigenvalue weighted by atomic mass is 9.96. The Hall–Kier alpha value is -8.34. The Bertz CT molecular complexity index is 3190. The summed E-state index contributed by atoms with van der Waals surface area (Å²) in [5.74, 6) is 1.28. The maximum Gasteiger partial charge on any atom is 0.160 e. The van der Waals surface area contributed by atoms with Crippen LogP contribution in [0.4, 0.5) is 0 Å². The van der Waals surface area contributed by atoms with E-state index in [1.807, 2.05) is 18.2 Å². The molecule has 0 spiro atoms. The highest BCUT2D eigenvalue weighted by atomic mass is 14.9. The first-order chi connectivity index (χ1) is 30.7. The van der Waals surface area contributed by atoms with Crippen molar-refractivity contribution in [2.75, 3.05) is 0 Å². The van der Waals surface area contributed by atoms with Crippen LogP contribution in [0.1, 0.15) is 0 Å². The van der Waals surface area contributed by atoms with Gasteiger partial charge in [-0.25, -0.2) is 19.9 Å². The summed E-state index contributed by atoms with van der Waals surface area (Å²) in [6, 6.07) is 80.5. The lowest BCUT2D eigenvalue weighted by Gasteiger charge is -2.13. The van der Waals surface area contributed by atoms with Crippen LogP contribution in [0.3, 0.4) is 0 Å². The Balaban J connectivity index is 0.976. The summed E-state index contributed by atoms with van der Waals surface area (Å²) in [5.41, 5.74) is 16.7. The SMILES string of the molecule is c1ccc(-c2cccc(-c3cccc(-c4nc(-c5cccc(-c6nc(-c7cccc(-c8cccc(-c9ccccc9)c8)c7)c7ccccc7n6)c5)nc5ccccc45)c3)c2)cc1. The number of fused-ring (bicyclic) bond motifs is 2. The fourth-order valence-corrected chi connectivity index (χ4v) is 8.36. The molecule has 11 aromatic rings. The van der Waals surface area contributed by atoms with Gasteiger partial charge in [0.1, 0.15) is 0 Å². The second-order valence-electron chi connectivity index (χ2n) is 15.5. The van der Waals surface area contributed by atoms with Gasteiger partial charge in [-0.2, -0.15) is 0 Å². The second kappa shape index (κ2) is 16.0. The van der Waals surface area contributed by atoms with Crippen LogP contribution >= 0.6 is 0 Å². The number of aromatic nitrogens is 4. The maximum absolute atomic E-state index is 5.30. The van der Waals surface area contributed by atoms with E-state index in [2.05, 4.69) is 212 Å². The van der Waals surface area contributed by atoms with Crippen LogP contribution in [0.15, 0.2) is 231 Å². The summed E-state index contributed by atoms with van der Waals surface area (Å²) in [5, 5.41) is 2.00. The molecule has 62 heavy (non-hydrogen) atoms. The van der Waals surface area contributed by atoms with E-state index in [0.29, 0.717) is 11.6 Å². The van der Waals surface area contributed by atoms with Gasteiger partial charge in [-0.3, -0.25) is 0 Å². The molecule has 0 radical (unpaired) electrons. The quantitative estimate of drug-likeness (QED) is 0.154. The molecule has 0 saturated heterocycles. The van der Waals surface area contributed by atoms with E-state index < -0.39 is 0 Å². The van der Waals surface area contributed by atoms with Gasteiger partial charge in [0.2, 0.25) is 0 Å². The van der Waals surface area contributed by atoms with Crippen molar-refractivity contribution < 1.29 is 0 Å². The summed E-state index contributed by atoms with van der Waals surface area (Å²) >= 11 is 0. The Labute approximate surface area is 360 Å². The fraction of sp³-hybridized carbons (Fsp3) is 0. The van der Waals surface area contributed by atoms with E-state index in [9.17, 15) is 0 Å². The topological polar surface area (TPSA) is 51.6 Å². The van der Waals surface area contributed by atoms with E-state index in [1.54, 1.807) is 0 Å². The first-order valence-electron chi connectivity index (χ1n) is 20.9. The predicted molar refractivity (Wildman–Crippen MR) is 256 cm³/mol. The molecule has 4 nitrogen and oxygen atoms in total. The number of rotatable bonds is 8. The number of hydrogen-bond acceptors (Lipinski definition) is 4. The molecular weight excluding hydrogens is 753 g/mol. The largest absolute Gasteiger partial charge is 0.228 e. The molecule has 0 atom stereocenters. The zero-order valence-corrected chi connectivity index (χ0v) is 33.7. The van der Waals surface area contributed by atoms with E-state index in [4.69, 9.17) is 19.9 Å². The molecule has 0 N–H and O–H groups in total. The molecule has 2 aromatic heterocycles. The average Bonchev–Trinajstić information content (AvgIpc) is 3.36. The van der Waals surface area contributed by atoms with Gasteiger partial charge in [0.25, 0.3) is 0 Å². The summed E-state index contributed by atoms with van der Waals surface area (Å²) in [4.78, 5) is 20.8. The minimum absolute atomic E-state index is 0.642. The molecule has 0 bridgehead atoms. The first-order valence-corrected chi connectivity index (χ1v) is 20.9. The normalized spacial score (nSPS) is 11.2. The number of nitrogens with zero attached hydrogens (tertiary/aromatic N) is 4. The molecule has 0 aliphatic heterocycles. The summed E-state index contributed by atoms with van der Waals surface area (Å²) in [7, 11) is 0. The van der Waals surface area contributed by atoms with Crippen LogP contribution in [-0.4, -0.2) is 19.9 Å². The lowest BCUT2D eigenvalue weighted by Crippen LogP contribution is -1.97. The van der Waals surface area contributed by atoms with Gasteiger partial charge >= 0.3 is 0 Å². The third kappa shape index (κ3) is 7.20. The number of benzene rings is 9. The number of para-hydroxylation sites is 2. The molecular formula is C58H38N4. The van der Waals surface area contributed by atoms with Gasteiger partial charge in [-0.1, -0.05) is 188 Å². The van der Waals surface area contributed by atoms with Gasteiger partial charge in [0.05, 0.1) is 22.4 Å². The van der Waals surface area contributed by atoms with Crippen LogP contribution in [0, 0.1) is 0 Å². The zero-order chi connectivity index (χ0) is 41.2. The summed E-state index contributed by atoms with van der Waals surface area (Å²) in [6.07, 6.45) is 0. The minimum Gasteiger partial charge on any atom is -0.228 e. The van der Waals surface area contributed by atoms with Crippen LogP contribution in [0.25, 0.3) is 112 Å². The summed E-state index contributed by atoms with van der Waals surface area (Å²) in [6.45, 7) is 0. The molecule has 0 amide bonds. The monoisotopic (exact) mass is 790 g/mol. The van der Waals surface area contributed by atoms with Crippen LogP contribution in [-0.2, 0) is 0 Å².